The van der Waals surface area contributed by atoms with Crippen molar-refractivity contribution in [1.82, 2.24) is 0 Å². The van der Waals surface area contributed by atoms with Crippen molar-refractivity contribution in [2.45, 2.75) is 17.1 Å². The Kier molecular flexibility index (Phi) is 6.39. The molecule has 3 aromatic rings. The van der Waals surface area contributed by atoms with Gasteiger partial charge in [-0.25, -0.2) is 0 Å². The standard InChI is InChI=1S/C22H22N2O2S/c1-2-26-20-11-7-6-10-19(20)24-22(25)21(16-8-4-3-5-9-16)27-18-14-12-17(23)13-15-18/h3-15,21H,2,23H2,1H3,(H,24,25). The highest BCUT2D eigenvalue weighted by Gasteiger charge is 2.23. The molecule has 0 saturated carbocycles. The van der Waals surface area contributed by atoms with Crippen LogP contribution < -0.4 is 15.8 Å². The first kappa shape index (κ1) is 18.9. The molecule has 0 aliphatic heterocycles. The van der Waals surface area contributed by atoms with Gasteiger partial charge in [-0.3, -0.25) is 4.79 Å². The summed E-state index contributed by atoms with van der Waals surface area (Å²) in [6, 6.07) is 24.7. The monoisotopic (exact) mass is 378 g/mol. The van der Waals surface area contributed by atoms with Gasteiger partial charge in [0, 0.05) is 10.6 Å². The van der Waals surface area contributed by atoms with Crippen LogP contribution in [0.15, 0.2) is 83.8 Å². The molecule has 1 amide bonds. The average Bonchev–Trinajstić information content (AvgIpc) is 2.70. The number of benzene rings is 3. The van der Waals surface area contributed by atoms with Crippen molar-refractivity contribution in [2.75, 3.05) is 17.7 Å². The molecule has 4 nitrogen and oxygen atoms in total. The lowest BCUT2D eigenvalue weighted by Crippen LogP contribution is -2.19. The Bertz CT molecular complexity index is 882. The number of nitrogen functional groups attached to an aromatic ring is 1. The zero-order valence-electron chi connectivity index (χ0n) is 15.1. The molecule has 0 bridgehead atoms. The number of ether oxygens (including phenoxy) is 1. The van der Waals surface area contributed by atoms with Crippen LogP contribution in [0.1, 0.15) is 17.7 Å². The Morgan fingerprint density at radius 2 is 1.67 bits per heavy atom. The molecular formula is C22H22N2O2S. The molecule has 5 heteroatoms. The minimum absolute atomic E-state index is 0.102. The molecule has 0 aromatic heterocycles. The number of amides is 1. The van der Waals surface area contributed by atoms with Crippen LogP contribution in [0.3, 0.4) is 0 Å². The molecule has 1 unspecified atom stereocenters. The summed E-state index contributed by atoms with van der Waals surface area (Å²) >= 11 is 1.49. The van der Waals surface area contributed by atoms with Gasteiger partial charge in [-0.15, -0.1) is 11.8 Å². The molecule has 0 fully saturated rings. The van der Waals surface area contributed by atoms with Crippen LogP contribution in [-0.4, -0.2) is 12.5 Å². The molecule has 3 N–H and O–H groups in total. The highest BCUT2D eigenvalue weighted by atomic mass is 32.2. The largest absolute Gasteiger partial charge is 0.492 e. The predicted octanol–water partition coefficient (Wildman–Crippen LogP) is 5.14. The molecule has 1 atom stereocenters. The molecular weight excluding hydrogens is 356 g/mol. The molecule has 138 valence electrons. The van der Waals surface area contributed by atoms with Crippen molar-refractivity contribution in [3.05, 3.63) is 84.4 Å². The van der Waals surface area contributed by atoms with E-state index in [1.807, 2.05) is 85.8 Å². The van der Waals surface area contributed by atoms with E-state index in [2.05, 4.69) is 5.32 Å². The van der Waals surface area contributed by atoms with Crippen molar-refractivity contribution >= 4 is 29.0 Å². The summed E-state index contributed by atoms with van der Waals surface area (Å²) in [5.74, 6) is 0.563. The summed E-state index contributed by atoms with van der Waals surface area (Å²) in [5.41, 5.74) is 8.08. The van der Waals surface area contributed by atoms with E-state index >= 15 is 0 Å². The third-order valence-electron chi connectivity index (χ3n) is 3.92. The van der Waals surface area contributed by atoms with Crippen LogP contribution in [-0.2, 0) is 4.79 Å². The minimum atomic E-state index is -0.399. The highest BCUT2D eigenvalue weighted by Crippen LogP contribution is 2.37. The van der Waals surface area contributed by atoms with Crippen molar-refractivity contribution in [1.29, 1.82) is 0 Å². The fourth-order valence-corrected chi connectivity index (χ4v) is 3.66. The van der Waals surface area contributed by atoms with Crippen molar-refractivity contribution in [3.8, 4) is 5.75 Å². The van der Waals surface area contributed by atoms with Crippen LogP contribution >= 0.6 is 11.8 Å². The molecule has 0 aliphatic carbocycles. The average molecular weight is 378 g/mol. The summed E-state index contributed by atoms with van der Waals surface area (Å²) in [6.07, 6.45) is 0. The van der Waals surface area contributed by atoms with Crippen molar-refractivity contribution < 1.29 is 9.53 Å². The first-order chi connectivity index (χ1) is 13.2. The van der Waals surface area contributed by atoms with Crippen molar-refractivity contribution in [3.63, 3.8) is 0 Å². The minimum Gasteiger partial charge on any atom is -0.492 e. The van der Waals surface area contributed by atoms with E-state index in [4.69, 9.17) is 10.5 Å². The van der Waals surface area contributed by atoms with E-state index in [0.717, 1.165) is 10.5 Å². The van der Waals surface area contributed by atoms with Crippen LogP contribution in [0.5, 0.6) is 5.75 Å². The number of hydrogen-bond acceptors (Lipinski definition) is 4. The van der Waals surface area contributed by atoms with E-state index in [-0.39, 0.29) is 5.91 Å². The van der Waals surface area contributed by atoms with Crippen LogP contribution in [0, 0.1) is 0 Å². The van der Waals surface area contributed by atoms with E-state index in [1.54, 1.807) is 0 Å². The van der Waals surface area contributed by atoms with E-state index in [9.17, 15) is 4.79 Å². The van der Waals surface area contributed by atoms with Gasteiger partial charge >= 0.3 is 0 Å². The van der Waals surface area contributed by atoms with Crippen LogP contribution in [0.2, 0.25) is 0 Å². The maximum Gasteiger partial charge on any atom is 0.242 e. The summed E-state index contributed by atoms with van der Waals surface area (Å²) in [4.78, 5) is 14.1. The Morgan fingerprint density at radius 1 is 1.00 bits per heavy atom. The van der Waals surface area contributed by atoms with Gasteiger partial charge in [0.25, 0.3) is 0 Å². The lowest BCUT2D eigenvalue weighted by atomic mass is 10.1. The Morgan fingerprint density at radius 3 is 2.37 bits per heavy atom. The fourth-order valence-electron chi connectivity index (χ4n) is 2.63. The molecule has 0 heterocycles. The van der Waals surface area contributed by atoms with Gasteiger partial charge in [-0.2, -0.15) is 0 Å². The summed E-state index contributed by atoms with van der Waals surface area (Å²) < 4.78 is 5.62. The van der Waals surface area contributed by atoms with E-state index in [0.29, 0.717) is 23.7 Å². The van der Waals surface area contributed by atoms with Crippen LogP contribution in [0.25, 0.3) is 0 Å². The number of nitrogens with two attached hydrogens (primary N) is 1. The zero-order chi connectivity index (χ0) is 19.1. The van der Waals surface area contributed by atoms with Gasteiger partial charge in [0.1, 0.15) is 11.0 Å². The molecule has 0 radical (unpaired) electrons. The van der Waals surface area contributed by atoms with Crippen LogP contribution in [0.4, 0.5) is 11.4 Å². The number of carbonyl (C=O) groups excluding carboxylic acids is 1. The molecule has 0 aliphatic rings. The normalized spacial score (nSPS) is 11.6. The first-order valence-corrected chi connectivity index (χ1v) is 9.65. The summed E-state index contributed by atoms with van der Waals surface area (Å²) in [5, 5.41) is 2.62. The maximum absolute atomic E-state index is 13.1. The zero-order valence-corrected chi connectivity index (χ0v) is 15.9. The molecule has 3 rings (SSSR count). The molecule has 0 spiro atoms. The number of carbonyl (C=O) groups is 1. The number of para-hydroxylation sites is 2. The number of nitrogens with one attached hydrogen (secondary N) is 1. The topological polar surface area (TPSA) is 64.3 Å². The molecule has 27 heavy (non-hydrogen) atoms. The quantitative estimate of drug-likeness (QED) is 0.441. The first-order valence-electron chi connectivity index (χ1n) is 8.77. The predicted molar refractivity (Wildman–Crippen MR) is 112 cm³/mol. The van der Waals surface area contributed by atoms with Crippen molar-refractivity contribution in [2.24, 2.45) is 0 Å². The van der Waals surface area contributed by atoms with Gasteiger partial charge in [-0.1, -0.05) is 42.5 Å². The Labute approximate surface area is 163 Å². The maximum atomic E-state index is 13.1. The van der Waals surface area contributed by atoms with Gasteiger partial charge in [0.2, 0.25) is 5.91 Å². The fraction of sp³-hybridized carbons (Fsp3) is 0.136. The number of hydrogen-bond donors (Lipinski definition) is 2. The van der Waals surface area contributed by atoms with E-state index < -0.39 is 5.25 Å². The van der Waals surface area contributed by atoms with E-state index in [1.165, 1.54) is 11.8 Å². The second-order valence-electron chi connectivity index (χ2n) is 5.90. The second-order valence-corrected chi connectivity index (χ2v) is 7.07. The smallest absolute Gasteiger partial charge is 0.242 e. The van der Waals surface area contributed by atoms with Gasteiger partial charge in [0.15, 0.2) is 0 Å². The third-order valence-corrected chi connectivity index (χ3v) is 5.19. The number of rotatable bonds is 7. The third kappa shape index (κ3) is 5.05. The van der Waals surface area contributed by atoms with Gasteiger partial charge in [0.05, 0.1) is 12.3 Å². The lowest BCUT2D eigenvalue weighted by molar-refractivity contribution is -0.115. The molecule has 3 aromatic carbocycles. The lowest BCUT2D eigenvalue weighted by Gasteiger charge is -2.18. The highest BCUT2D eigenvalue weighted by molar-refractivity contribution is 8.00. The van der Waals surface area contributed by atoms with Gasteiger partial charge < -0.3 is 15.8 Å². The Hall–Kier alpha value is -2.92. The Balaban J connectivity index is 1.86. The summed E-state index contributed by atoms with van der Waals surface area (Å²) in [6.45, 7) is 2.46. The number of thioether (sulfide) groups is 1. The van der Waals surface area contributed by atoms with Gasteiger partial charge in [-0.05, 0) is 48.9 Å². The number of anilines is 2. The SMILES string of the molecule is CCOc1ccccc1NC(=O)C(Sc1ccc(N)cc1)c1ccccc1. The second kappa shape index (κ2) is 9.14. The summed E-state index contributed by atoms with van der Waals surface area (Å²) in [7, 11) is 0. The molecule has 0 saturated heterocycles.